The molecule has 0 amide bonds. The van der Waals surface area contributed by atoms with Gasteiger partial charge in [0.2, 0.25) is 0 Å². The fraction of sp³-hybridized carbons (Fsp3) is 0.250. The second kappa shape index (κ2) is 7.77. The van der Waals surface area contributed by atoms with Crippen molar-refractivity contribution in [2.45, 2.75) is 19.7 Å². The summed E-state index contributed by atoms with van der Waals surface area (Å²) in [7, 11) is -3.18. The first-order valence-electron chi connectivity index (χ1n) is 6.69. The Balaban J connectivity index is 2.03. The van der Waals surface area contributed by atoms with Crippen LogP contribution in [0.5, 0.6) is 0 Å². The quantitative estimate of drug-likeness (QED) is 0.666. The predicted octanol–water partition coefficient (Wildman–Crippen LogP) is 5.09. The summed E-state index contributed by atoms with van der Waals surface area (Å²) in [6.45, 7) is 2.36. The Morgan fingerprint density at radius 2 is 1.90 bits per heavy atom. The summed E-state index contributed by atoms with van der Waals surface area (Å²) in [6.07, 6.45) is 0.218. The molecule has 0 aromatic heterocycles. The molecule has 0 aliphatic rings. The average Bonchev–Trinajstić information content (AvgIpc) is 2.48. The second-order valence-corrected chi connectivity index (χ2v) is 6.97. The third-order valence-corrected chi connectivity index (χ3v) is 4.96. The molecule has 0 saturated carbocycles. The molecule has 0 bridgehead atoms. The number of halogens is 1. The Morgan fingerprint density at radius 3 is 2.52 bits per heavy atom. The molecule has 111 valence electrons. The van der Waals surface area contributed by atoms with E-state index in [1.54, 1.807) is 25.1 Å². The van der Waals surface area contributed by atoms with E-state index in [9.17, 15) is 4.57 Å². The summed E-state index contributed by atoms with van der Waals surface area (Å²) in [5.74, 6) is 0. The lowest BCUT2D eigenvalue weighted by molar-refractivity contribution is 0.203. The zero-order chi connectivity index (χ0) is 15.1. The van der Waals surface area contributed by atoms with Crippen LogP contribution in [0.3, 0.4) is 0 Å². The lowest BCUT2D eigenvalue weighted by Gasteiger charge is -2.18. The predicted molar refractivity (Wildman–Crippen MR) is 84.5 cm³/mol. The van der Waals surface area contributed by atoms with Gasteiger partial charge in [0.15, 0.2) is 0 Å². The van der Waals surface area contributed by atoms with E-state index in [4.69, 9.17) is 20.6 Å². The summed E-state index contributed by atoms with van der Waals surface area (Å²) >= 11 is 5.83. The summed E-state index contributed by atoms with van der Waals surface area (Å²) in [5, 5.41) is 0.658. The molecule has 1 unspecified atom stereocenters. The van der Waals surface area contributed by atoms with Gasteiger partial charge in [-0.2, -0.15) is 0 Å². The maximum absolute atomic E-state index is 12.7. The van der Waals surface area contributed by atoms with Crippen LogP contribution in [0, 0.1) is 6.07 Å². The monoisotopic (exact) mass is 323 g/mol. The van der Waals surface area contributed by atoms with E-state index < -0.39 is 7.60 Å². The van der Waals surface area contributed by atoms with Crippen LogP contribution in [-0.2, 0) is 26.4 Å². The van der Waals surface area contributed by atoms with Crippen LogP contribution in [0.15, 0.2) is 48.5 Å². The smallest absolute Gasteiger partial charge is 0.309 e. The largest absolute Gasteiger partial charge is 0.335 e. The van der Waals surface area contributed by atoms with Crippen LogP contribution in [0.2, 0.25) is 5.02 Å². The van der Waals surface area contributed by atoms with Crippen LogP contribution < -0.4 is 0 Å². The molecule has 1 radical (unpaired) electrons. The minimum absolute atomic E-state index is 0.218. The standard InChI is InChI=1S/C16H17ClO3P/c1-2-19-21(18,13-15-6-4-3-5-7-15)20-12-14-8-10-16(17)11-9-14/h3-6,8-11H,2,12-13H2,1H3. The van der Waals surface area contributed by atoms with Gasteiger partial charge in [0.05, 0.1) is 19.4 Å². The molecule has 0 saturated heterocycles. The van der Waals surface area contributed by atoms with E-state index in [-0.39, 0.29) is 12.8 Å². The molecule has 5 heteroatoms. The highest BCUT2D eigenvalue weighted by molar-refractivity contribution is 7.53. The third-order valence-electron chi connectivity index (χ3n) is 2.80. The molecule has 2 aromatic carbocycles. The third kappa shape index (κ3) is 5.29. The van der Waals surface area contributed by atoms with E-state index >= 15 is 0 Å². The molecule has 0 fully saturated rings. The van der Waals surface area contributed by atoms with Crippen molar-refractivity contribution in [1.82, 2.24) is 0 Å². The Hall–Kier alpha value is -1.12. The molecule has 2 aromatic rings. The lowest BCUT2D eigenvalue weighted by atomic mass is 10.2. The molecule has 0 N–H and O–H groups in total. The van der Waals surface area contributed by atoms with Gasteiger partial charge in [0.1, 0.15) is 0 Å². The highest BCUT2D eigenvalue weighted by Crippen LogP contribution is 2.51. The van der Waals surface area contributed by atoms with Crippen LogP contribution >= 0.6 is 19.2 Å². The number of hydrogen-bond acceptors (Lipinski definition) is 3. The van der Waals surface area contributed by atoms with Gasteiger partial charge in [0, 0.05) is 5.02 Å². The van der Waals surface area contributed by atoms with Crippen molar-refractivity contribution in [2.24, 2.45) is 0 Å². The zero-order valence-electron chi connectivity index (χ0n) is 11.8. The van der Waals surface area contributed by atoms with Crippen molar-refractivity contribution in [3.8, 4) is 0 Å². The van der Waals surface area contributed by atoms with Gasteiger partial charge in [-0.3, -0.25) is 4.57 Å². The second-order valence-electron chi connectivity index (χ2n) is 4.47. The molecule has 1 atom stereocenters. The molecule has 2 rings (SSSR count). The van der Waals surface area contributed by atoms with E-state index in [0.717, 1.165) is 11.1 Å². The Labute approximate surface area is 130 Å². The van der Waals surface area contributed by atoms with Crippen molar-refractivity contribution < 1.29 is 13.6 Å². The number of rotatable bonds is 7. The molecule has 0 heterocycles. The van der Waals surface area contributed by atoms with Crippen LogP contribution in [0.4, 0.5) is 0 Å². The Bertz CT molecular complexity index is 599. The molecule has 0 aliphatic heterocycles. The fourth-order valence-electron chi connectivity index (χ4n) is 1.82. The van der Waals surface area contributed by atoms with Crippen molar-refractivity contribution in [1.29, 1.82) is 0 Å². The van der Waals surface area contributed by atoms with Gasteiger partial charge in [0.25, 0.3) is 0 Å². The number of benzene rings is 2. The minimum Gasteiger partial charge on any atom is -0.309 e. The van der Waals surface area contributed by atoms with E-state index in [2.05, 4.69) is 6.07 Å². The highest BCUT2D eigenvalue weighted by atomic mass is 35.5. The maximum Gasteiger partial charge on any atom is 0.335 e. The van der Waals surface area contributed by atoms with Crippen LogP contribution in [0.25, 0.3) is 0 Å². The average molecular weight is 324 g/mol. The van der Waals surface area contributed by atoms with Crippen molar-refractivity contribution in [3.63, 3.8) is 0 Å². The van der Waals surface area contributed by atoms with Gasteiger partial charge >= 0.3 is 7.60 Å². The minimum atomic E-state index is -3.18. The SMILES string of the molecule is CCOP(=O)(Cc1[c]cccc1)OCc1ccc(Cl)cc1. The molecule has 3 nitrogen and oxygen atoms in total. The van der Waals surface area contributed by atoms with E-state index in [1.807, 2.05) is 30.3 Å². The lowest BCUT2D eigenvalue weighted by Crippen LogP contribution is -2.00. The first kappa shape index (κ1) is 16.3. The van der Waals surface area contributed by atoms with E-state index in [0.29, 0.717) is 11.6 Å². The Morgan fingerprint density at radius 1 is 1.14 bits per heavy atom. The molecule has 21 heavy (non-hydrogen) atoms. The molecule has 0 spiro atoms. The summed E-state index contributed by atoms with van der Waals surface area (Å²) in [5.41, 5.74) is 1.71. The van der Waals surface area contributed by atoms with E-state index in [1.165, 1.54) is 0 Å². The molecule has 0 aliphatic carbocycles. The highest BCUT2D eigenvalue weighted by Gasteiger charge is 2.24. The summed E-state index contributed by atoms with van der Waals surface area (Å²) in [6, 6.07) is 17.7. The van der Waals surface area contributed by atoms with Gasteiger partial charge in [-0.05, 0) is 36.2 Å². The number of hydrogen-bond donors (Lipinski definition) is 0. The summed E-state index contributed by atoms with van der Waals surface area (Å²) < 4.78 is 23.7. The fourth-order valence-corrected chi connectivity index (χ4v) is 3.55. The first-order chi connectivity index (χ1) is 10.1. The van der Waals surface area contributed by atoms with Crippen molar-refractivity contribution in [3.05, 3.63) is 70.7 Å². The van der Waals surface area contributed by atoms with Gasteiger partial charge in [-0.15, -0.1) is 0 Å². The van der Waals surface area contributed by atoms with Gasteiger partial charge in [-0.25, -0.2) is 0 Å². The first-order valence-corrected chi connectivity index (χ1v) is 8.80. The Kier molecular flexibility index (Phi) is 6.01. The van der Waals surface area contributed by atoms with Crippen LogP contribution in [-0.4, -0.2) is 6.61 Å². The maximum atomic E-state index is 12.7. The zero-order valence-corrected chi connectivity index (χ0v) is 13.4. The van der Waals surface area contributed by atoms with Gasteiger partial charge in [-0.1, -0.05) is 48.0 Å². The van der Waals surface area contributed by atoms with Crippen molar-refractivity contribution in [2.75, 3.05) is 6.61 Å². The molecular formula is C16H17ClO3P. The molecular weight excluding hydrogens is 307 g/mol. The normalized spacial score (nSPS) is 13.8. The van der Waals surface area contributed by atoms with Crippen LogP contribution in [0.1, 0.15) is 18.1 Å². The summed E-state index contributed by atoms with van der Waals surface area (Å²) in [4.78, 5) is 0. The van der Waals surface area contributed by atoms with Gasteiger partial charge < -0.3 is 9.05 Å². The topological polar surface area (TPSA) is 35.5 Å². The van der Waals surface area contributed by atoms with Crippen molar-refractivity contribution >= 4 is 19.2 Å².